The third kappa shape index (κ3) is 4.94. The third-order valence-electron chi connectivity index (χ3n) is 3.83. The standard InChI is InChI=1S/C13H24N2O3/c1-3-10(7-11(16)17)8-14-12(18)15-9-13(2)5-4-6-13/h10H,3-9H2,1-2H3,(H,16,17)(H2,14,15,18). The van der Waals surface area contributed by atoms with Gasteiger partial charge in [-0.1, -0.05) is 26.7 Å². The monoisotopic (exact) mass is 256 g/mol. The molecule has 1 saturated carbocycles. The van der Waals surface area contributed by atoms with Crippen molar-refractivity contribution in [1.82, 2.24) is 10.6 Å². The van der Waals surface area contributed by atoms with E-state index in [0.717, 1.165) is 6.42 Å². The summed E-state index contributed by atoms with van der Waals surface area (Å²) in [7, 11) is 0. The number of nitrogens with one attached hydrogen (secondary N) is 2. The first-order valence-corrected chi connectivity index (χ1v) is 6.69. The lowest BCUT2D eigenvalue weighted by atomic mass is 9.70. The van der Waals surface area contributed by atoms with Crippen LogP contribution in [0.5, 0.6) is 0 Å². The van der Waals surface area contributed by atoms with Gasteiger partial charge in [-0.05, 0) is 24.2 Å². The Morgan fingerprint density at radius 2 is 2.00 bits per heavy atom. The molecule has 0 heterocycles. The van der Waals surface area contributed by atoms with Crippen molar-refractivity contribution in [3.63, 3.8) is 0 Å². The summed E-state index contributed by atoms with van der Waals surface area (Å²) in [4.78, 5) is 22.2. The number of carboxylic acid groups (broad SMARTS) is 1. The highest BCUT2D eigenvalue weighted by molar-refractivity contribution is 5.74. The maximum absolute atomic E-state index is 11.6. The van der Waals surface area contributed by atoms with Crippen LogP contribution in [0.4, 0.5) is 4.79 Å². The van der Waals surface area contributed by atoms with Crippen LogP contribution in [0.15, 0.2) is 0 Å². The molecule has 1 atom stereocenters. The second kappa shape index (κ2) is 6.61. The van der Waals surface area contributed by atoms with Gasteiger partial charge in [0.15, 0.2) is 0 Å². The van der Waals surface area contributed by atoms with Crippen LogP contribution in [-0.2, 0) is 4.79 Å². The van der Waals surface area contributed by atoms with E-state index in [9.17, 15) is 9.59 Å². The summed E-state index contributed by atoms with van der Waals surface area (Å²) in [6.45, 7) is 5.23. The van der Waals surface area contributed by atoms with Gasteiger partial charge in [0.25, 0.3) is 0 Å². The Kier molecular flexibility index (Phi) is 5.44. The SMILES string of the molecule is CCC(CNC(=O)NCC1(C)CCC1)CC(=O)O. The van der Waals surface area contributed by atoms with Crippen LogP contribution >= 0.6 is 0 Å². The van der Waals surface area contributed by atoms with Crippen molar-refractivity contribution >= 4 is 12.0 Å². The highest BCUT2D eigenvalue weighted by Crippen LogP contribution is 2.39. The Hall–Kier alpha value is -1.26. The van der Waals surface area contributed by atoms with E-state index in [1.54, 1.807) is 0 Å². The van der Waals surface area contributed by atoms with E-state index in [1.165, 1.54) is 19.3 Å². The highest BCUT2D eigenvalue weighted by Gasteiger charge is 2.31. The largest absolute Gasteiger partial charge is 0.481 e. The Balaban J connectivity index is 2.17. The summed E-state index contributed by atoms with van der Waals surface area (Å²) < 4.78 is 0. The topological polar surface area (TPSA) is 78.4 Å². The fourth-order valence-electron chi connectivity index (χ4n) is 2.16. The quantitative estimate of drug-likeness (QED) is 0.651. The second-order valence-corrected chi connectivity index (χ2v) is 5.60. The molecular weight excluding hydrogens is 232 g/mol. The molecule has 5 heteroatoms. The average molecular weight is 256 g/mol. The first kappa shape index (κ1) is 14.8. The number of amides is 2. The van der Waals surface area contributed by atoms with Crippen LogP contribution in [-0.4, -0.2) is 30.2 Å². The number of carboxylic acids is 1. The van der Waals surface area contributed by atoms with E-state index in [-0.39, 0.29) is 23.8 Å². The Morgan fingerprint density at radius 3 is 2.44 bits per heavy atom. The van der Waals surface area contributed by atoms with Crippen molar-refractivity contribution in [2.45, 2.75) is 46.0 Å². The molecule has 1 aliphatic rings. The minimum atomic E-state index is -0.814. The molecule has 104 valence electrons. The van der Waals surface area contributed by atoms with Crippen LogP contribution in [0.3, 0.4) is 0 Å². The van der Waals surface area contributed by atoms with Crippen LogP contribution in [0.25, 0.3) is 0 Å². The van der Waals surface area contributed by atoms with Crippen LogP contribution in [0.2, 0.25) is 0 Å². The third-order valence-corrected chi connectivity index (χ3v) is 3.83. The van der Waals surface area contributed by atoms with E-state index in [0.29, 0.717) is 13.1 Å². The van der Waals surface area contributed by atoms with Gasteiger partial charge in [0.05, 0.1) is 0 Å². The van der Waals surface area contributed by atoms with Gasteiger partial charge in [-0.2, -0.15) is 0 Å². The molecule has 3 N–H and O–H groups in total. The van der Waals surface area contributed by atoms with E-state index >= 15 is 0 Å². The molecule has 0 spiro atoms. The number of urea groups is 1. The highest BCUT2D eigenvalue weighted by atomic mass is 16.4. The van der Waals surface area contributed by atoms with Gasteiger partial charge < -0.3 is 15.7 Å². The molecule has 0 aromatic carbocycles. The minimum absolute atomic E-state index is 0.00698. The molecule has 18 heavy (non-hydrogen) atoms. The number of aliphatic carboxylic acids is 1. The van der Waals surface area contributed by atoms with E-state index in [2.05, 4.69) is 17.6 Å². The molecular formula is C13H24N2O3. The van der Waals surface area contributed by atoms with Gasteiger partial charge in [0.1, 0.15) is 0 Å². The van der Waals surface area contributed by atoms with E-state index in [1.807, 2.05) is 6.92 Å². The van der Waals surface area contributed by atoms with Crippen LogP contribution in [0.1, 0.15) is 46.0 Å². The molecule has 1 unspecified atom stereocenters. The maximum atomic E-state index is 11.6. The van der Waals surface area contributed by atoms with Gasteiger partial charge in [0, 0.05) is 19.5 Å². The summed E-state index contributed by atoms with van der Waals surface area (Å²) >= 11 is 0. The molecule has 5 nitrogen and oxygen atoms in total. The first-order chi connectivity index (χ1) is 8.45. The summed E-state index contributed by atoms with van der Waals surface area (Å²) in [6, 6.07) is -0.188. The van der Waals surface area contributed by atoms with E-state index < -0.39 is 5.97 Å². The lowest BCUT2D eigenvalue weighted by molar-refractivity contribution is -0.138. The number of hydrogen-bond acceptors (Lipinski definition) is 2. The molecule has 1 rings (SSSR count). The Labute approximate surface area is 108 Å². The van der Waals surface area contributed by atoms with Crippen molar-refractivity contribution in [3.8, 4) is 0 Å². The molecule has 0 radical (unpaired) electrons. The lowest BCUT2D eigenvalue weighted by Gasteiger charge is -2.38. The zero-order chi connectivity index (χ0) is 13.6. The molecule has 0 aromatic heterocycles. The second-order valence-electron chi connectivity index (χ2n) is 5.60. The van der Waals surface area contributed by atoms with E-state index in [4.69, 9.17) is 5.11 Å². The average Bonchev–Trinajstić information content (AvgIpc) is 2.28. The van der Waals surface area contributed by atoms with Gasteiger partial charge >= 0.3 is 12.0 Å². The predicted octanol–water partition coefficient (Wildman–Crippen LogP) is 1.98. The molecule has 0 aliphatic heterocycles. The van der Waals surface area contributed by atoms with Crippen LogP contribution < -0.4 is 10.6 Å². The smallest absolute Gasteiger partial charge is 0.314 e. The molecule has 2 amide bonds. The normalized spacial score (nSPS) is 18.6. The molecule has 0 aromatic rings. The van der Waals surface area contributed by atoms with Gasteiger partial charge in [-0.3, -0.25) is 4.79 Å². The van der Waals surface area contributed by atoms with Crippen molar-refractivity contribution in [1.29, 1.82) is 0 Å². The molecule has 1 fully saturated rings. The maximum Gasteiger partial charge on any atom is 0.314 e. The van der Waals surface area contributed by atoms with Crippen molar-refractivity contribution in [3.05, 3.63) is 0 Å². The predicted molar refractivity (Wildman–Crippen MR) is 69.4 cm³/mol. The molecule has 0 saturated heterocycles. The molecule has 1 aliphatic carbocycles. The number of hydrogen-bond donors (Lipinski definition) is 3. The zero-order valence-corrected chi connectivity index (χ0v) is 11.3. The molecule has 0 bridgehead atoms. The van der Waals surface area contributed by atoms with Gasteiger partial charge in [0.2, 0.25) is 0 Å². The fourth-order valence-corrected chi connectivity index (χ4v) is 2.16. The summed E-state index contributed by atoms with van der Waals surface area (Å²) in [5.41, 5.74) is 0.266. The summed E-state index contributed by atoms with van der Waals surface area (Å²) in [5, 5.41) is 14.3. The Morgan fingerprint density at radius 1 is 1.33 bits per heavy atom. The van der Waals surface area contributed by atoms with Crippen molar-refractivity contribution in [2.24, 2.45) is 11.3 Å². The minimum Gasteiger partial charge on any atom is -0.481 e. The number of rotatable bonds is 7. The number of carbonyl (C=O) groups is 2. The zero-order valence-electron chi connectivity index (χ0n) is 11.3. The Bertz CT molecular complexity index is 301. The number of carbonyl (C=O) groups excluding carboxylic acids is 1. The lowest BCUT2D eigenvalue weighted by Crippen LogP contribution is -2.45. The van der Waals surface area contributed by atoms with Crippen molar-refractivity contribution < 1.29 is 14.7 Å². The van der Waals surface area contributed by atoms with Gasteiger partial charge in [-0.15, -0.1) is 0 Å². The summed E-state index contributed by atoms with van der Waals surface area (Å²) in [5.74, 6) is -0.807. The van der Waals surface area contributed by atoms with Gasteiger partial charge in [-0.25, -0.2) is 4.79 Å². The van der Waals surface area contributed by atoms with Crippen molar-refractivity contribution in [2.75, 3.05) is 13.1 Å². The fraction of sp³-hybridized carbons (Fsp3) is 0.846. The van der Waals surface area contributed by atoms with Crippen LogP contribution in [0, 0.1) is 11.3 Å². The summed E-state index contributed by atoms with van der Waals surface area (Å²) in [6.07, 6.45) is 4.45. The first-order valence-electron chi connectivity index (χ1n) is 6.69.